The van der Waals surface area contributed by atoms with Crippen molar-refractivity contribution < 1.29 is 19.0 Å². The molecule has 1 aromatic rings. The Bertz CT molecular complexity index is 365. The predicted molar refractivity (Wildman–Crippen MR) is 52.2 cm³/mol. The molecule has 0 spiro atoms. The molecule has 0 aromatic heterocycles. The van der Waals surface area contributed by atoms with Crippen LogP contribution in [0.25, 0.3) is 0 Å². The van der Waals surface area contributed by atoms with Crippen molar-refractivity contribution in [1.29, 1.82) is 0 Å². The highest BCUT2D eigenvalue weighted by Crippen LogP contribution is 2.33. The van der Waals surface area contributed by atoms with E-state index in [1.165, 1.54) is 6.07 Å². The first-order valence-electron chi connectivity index (χ1n) is 4.86. The fourth-order valence-electron chi connectivity index (χ4n) is 1.77. The van der Waals surface area contributed by atoms with Crippen LogP contribution in [0.2, 0.25) is 0 Å². The van der Waals surface area contributed by atoms with E-state index < -0.39 is 0 Å². The third-order valence-corrected chi connectivity index (χ3v) is 2.57. The van der Waals surface area contributed by atoms with Crippen LogP contribution in [0.3, 0.4) is 0 Å². The lowest BCUT2D eigenvalue weighted by molar-refractivity contribution is -0.0173. The summed E-state index contributed by atoms with van der Waals surface area (Å²) >= 11 is 0. The Kier molecular flexibility index (Phi) is 2.88. The average Bonchev–Trinajstić information content (AvgIpc) is 2.28. The maximum absolute atomic E-state index is 13.6. The van der Waals surface area contributed by atoms with Crippen molar-refractivity contribution >= 4 is 0 Å². The van der Waals surface area contributed by atoms with Gasteiger partial charge < -0.3 is 14.6 Å². The van der Waals surface area contributed by atoms with Crippen LogP contribution >= 0.6 is 0 Å². The van der Waals surface area contributed by atoms with Crippen LogP contribution in [0.5, 0.6) is 5.75 Å². The number of ether oxygens (including phenoxy) is 2. The first-order chi connectivity index (χ1) is 7.24. The Morgan fingerprint density at radius 1 is 1.53 bits per heavy atom. The summed E-state index contributed by atoms with van der Waals surface area (Å²) in [6, 6.07) is 2.96. The molecule has 2 rings (SSSR count). The summed E-state index contributed by atoms with van der Waals surface area (Å²) in [7, 11) is 0. The summed E-state index contributed by atoms with van der Waals surface area (Å²) in [5, 5.41) is 9.07. The Morgan fingerprint density at radius 3 is 3.07 bits per heavy atom. The first-order valence-corrected chi connectivity index (χ1v) is 4.86. The van der Waals surface area contributed by atoms with Gasteiger partial charge in [-0.3, -0.25) is 0 Å². The summed E-state index contributed by atoms with van der Waals surface area (Å²) in [6.07, 6.45) is 0. The van der Waals surface area contributed by atoms with Gasteiger partial charge in [0.15, 0.2) is 6.79 Å². The maximum Gasteiger partial charge on any atom is 0.189 e. The number of benzene rings is 1. The van der Waals surface area contributed by atoms with E-state index >= 15 is 0 Å². The molecule has 1 unspecified atom stereocenters. The number of hydrogen-bond acceptors (Lipinski definition) is 3. The third kappa shape index (κ3) is 1.82. The molecule has 1 atom stereocenters. The van der Waals surface area contributed by atoms with E-state index in [2.05, 4.69) is 0 Å². The van der Waals surface area contributed by atoms with E-state index in [1.54, 1.807) is 13.0 Å². The molecule has 1 N–H and O–H groups in total. The van der Waals surface area contributed by atoms with Gasteiger partial charge in [-0.15, -0.1) is 0 Å². The minimum Gasteiger partial charge on any atom is -0.467 e. The van der Waals surface area contributed by atoms with Crippen LogP contribution in [0.15, 0.2) is 12.1 Å². The van der Waals surface area contributed by atoms with Gasteiger partial charge in [0.05, 0.1) is 6.61 Å². The fourth-order valence-corrected chi connectivity index (χ4v) is 1.77. The highest BCUT2D eigenvalue weighted by atomic mass is 19.1. The standard InChI is InChI=1S/C11H13FO3/c1-7(4-13)11-8-5-14-6-15-10(8)3-2-9(11)12/h2-3,7,13H,4-6H2,1H3. The topological polar surface area (TPSA) is 38.7 Å². The molecule has 0 aliphatic carbocycles. The highest BCUT2D eigenvalue weighted by molar-refractivity contribution is 5.43. The van der Waals surface area contributed by atoms with Gasteiger partial charge in [-0.2, -0.15) is 0 Å². The molecular weight excluding hydrogens is 199 g/mol. The van der Waals surface area contributed by atoms with Crippen molar-refractivity contribution in [2.45, 2.75) is 19.4 Å². The van der Waals surface area contributed by atoms with E-state index in [-0.39, 0.29) is 25.1 Å². The molecular formula is C11H13FO3. The summed E-state index contributed by atoms with van der Waals surface area (Å²) < 4.78 is 24.0. The molecule has 0 saturated carbocycles. The van der Waals surface area contributed by atoms with Gasteiger partial charge in [0, 0.05) is 23.7 Å². The molecule has 1 heterocycles. The van der Waals surface area contributed by atoms with Crippen molar-refractivity contribution in [3.05, 3.63) is 29.1 Å². The molecule has 82 valence electrons. The van der Waals surface area contributed by atoms with Gasteiger partial charge in [0.1, 0.15) is 11.6 Å². The van der Waals surface area contributed by atoms with Crippen molar-refractivity contribution in [2.75, 3.05) is 13.4 Å². The second kappa shape index (κ2) is 4.16. The van der Waals surface area contributed by atoms with Gasteiger partial charge in [0.2, 0.25) is 0 Å². The van der Waals surface area contributed by atoms with Crippen LogP contribution in [0.1, 0.15) is 24.0 Å². The number of rotatable bonds is 2. The van der Waals surface area contributed by atoms with Crippen LogP contribution in [-0.4, -0.2) is 18.5 Å². The van der Waals surface area contributed by atoms with E-state index in [0.717, 1.165) is 0 Å². The number of aliphatic hydroxyl groups excluding tert-OH is 1. The van der Waals surface area contributed by atoms with Crippen LogP contribution in [0, 0.1) is 5.82 Å². The van der Waals surface area contributed by atoms with Crippen molar-refractivity contribution in [3.8, 4) is 5.75 Å². The molecule has 0 radical (unpaired) electrons. The zero-order valence-electron chi connectivity index (χ0n) is 8.50. The van der Waals surface area contributed by atoms with Crippen molar-refractivity contribution in [1.82, 2.24) is 0 Å². The van der Waals surface area contributed by atoms with Crippen molar-refractivity contribution in [2.24, 2.45) is 0 Å². The van der Waals surface area contributed by atoms with Crippen LogP contribution < -0.4 is 4.74 Å². The molecule has 0 bridgehead atoms. The smallest absolute Gasteiger partial charge is 0.189 e. The minimum absolute atomic E-state index is 0.0899. The van der Waals surface area contributed by atoms with E-state index in [1.807, 2.05) is 0 Å². The molecule has 1 aliphatic heterocycles. The molecule has 0 fully saturated rings. The SMILES string of the molecule is CC(CO)c1c(F)ccc2c1COCO2. The molecule has 1 aliphatic rings. The van der Waals surface area contributed by atoms with Crippen LogP contribution in [0.4, 0.5) is 4.39 Å². The zero-order valence-corrected chi connectivity index (χ0v) is 8.50. The Hall–Kier alpha value is -1.13. The normalized spacial score (nSPS) is 16.7. The second-order valence-corrected chi connectivity index (χ2v) is 3.63. The summed E-state index contributed by atoms with van der Waals surface area (Å²) in [5.74, 6) is 0.0904. The lowest BCUT2D eigenvalue weighted by Gasteiger charge is -2.23. The largest absolute Gasteiger partial charge is 0.467 e. The minimum atomic E-state index is -0.315. The Morgan fingerprint density at radius 2 is 2.33 bits per heavy atom. The molecule has 4 heteroatoms. The quantitative estimate of drug-likeness (QED) is 0.812. The van der Waals surface area contributed by atoms with Gasteiger partial charge in [0.25, 0.3) is 0 Å². The molecule has 0 saturated heterocycles. The third-order valence-electron chi connectivity index (χ3n) is 2.57. The number of hydrogen-bond donors (Lipinski definition) is 1. The number of halogens is 1. The molecule has 15 heavy (non-hydrogen) atoms. The first kappa shape index (κ1) is 10.4. The Balaban J connectivity index is 2.50. The molecule has 1 aromatic carbocycles. The van der Waals surface area contributed by atoms with Gasteiger partial charge in [-0.25, -0.2) is 4.39 Å². The maximum atomic E-state index is 13.6. The fraction of sp³-hybridized carbons (Fsp3) is 0.455. The van der Waals surface area contributed by atoms with Gasteiger partial charge in [-0.1, -0.05) is 6.92 Å². The van der Waals surface area contributed by atoms with Gasteiger partial charge in [-0.05, 0) is 12.1 Å². The lowest BCUT2D eigenvalue weighted by Crippen LogP contribution is -2.16. The van der Waals surface area contributed by atoms with E-state index in [9.17, 15) is 4.39 Å². The molecule has 0 amide bonds. The number of aliphatic hydroxyl groups is 1. The molecule has 3 nitrogen and oxygen atoms in total. The zero-order chi connectivity index (χ0) is 10.8. The second-order valence-electron chi connectivity index (χ2n) is 3.63. The lowest BCUT2D eigenvalue weighted by atomic mass is 9.95. The van der Waals surface area contributed by atoms with Crippen molar-refractivity contribution in [3.63, 3.8) is 0 Å². The van der Waals surface area contributed by atoms with Gasteiger partial charge >= 0.3 is 0 Å². The summed E-state index contributed by atoms with van der Waals surface area (Å²) in [4.78, 5) is 0. The predicted octanol–water partition coefficient (Wildman–Crippen LogP) is 1.79. The van der Waals surface area contributed by atoms with E-state index in [4.69, 9.17) is 14.6 Å². The monoisotopic (exact) mass is 212 g/mol. The summed E-state index contributed by atoms with van der Waals surface area (Å²) in [6.45, 7) is 2.22. The van der Waals surface area contributed by atoms with E-state index in [0.29, 0.717) is 23.5 Å². The average molecular weight is 212 g/mol. The highest BCUT2D eigenvalue weighted by Gasteiger charge is 2.21. The number of fused-ring (bicyclic) bond motifs is 1. The van der Waals surface area contributed by atoms with Crippen LogP contribution in [-0.2, 0) is 11.3 Å². The Labute approximate surface area is 87.4 Å². The summed E-state index contributed by atoms with van der Waals surface area (Å²) in [5.41, 5.74) is 1.21.